The molecule has 92 valence electrons. The lowest BCUT2D eigenvalue weighted by Crippen LogP contribution is -2.00. The third-order valence-electron chi connectivity index (χ3n) is 2.28. The van der Waals surface area contributed by atoms with Gasteiger partial charge < -0.3 is 5.11 Å². The summed E-state index contributed by atoms with van der Waals surface area (Å²) in [4.78, 5) is 16.3. The fraction of sp³-hybridized carbons (Fsp3) is 0.0769. The summed E-state index contributed by atoms with van der Waals surface area (Å²) in [7, 11) is 0. The zero-order chi connectivity index (χ0) is 13.1. The molecular weight excluding hydrogens is 314 g/mol. The fourth-order valence-corrected chi connectivity index (χ4v) is 2.57. The largest absolute Gasteiger partial charge is 0.478 e. The average Bonchev–Trinajstić information content (AvgIpc) is 2.34. The van der Waals surface area contributed by atoms with Crippen LogP contribution >= 0.6 is 27.7 Å². The maximum atomic E-state index is 11.1. The minimum Gasteiger partial charge on any atom is -0.478 e. The Morgan fingerprint density at radius 3 is 2.61 bits per heavy atom. The van der Waals surface area contributed by atoms with Gasteiger partial charge in [0.2, 0.25) is 0 Å². The van der Waals surface area contributed by atoms with Crippen LogP contribution in [0.3, 0.4) is 0 Å². The Morgan fingerprint density at radius 2 is 2.00 bits per heavy atom. The molecule has 3 nitrogen and oxygen atoms in total. The van der Waals surface area contributed by atoms with Crippen molar-refractivity contribution in [2.45, 2.75) is 16.8 Å². The van der Waals surface area contributed by atoms with E-state index in [0.29, 0.717) is 9.50 Å². The van der Waals surface area contributed by atoms with E-state index < -0.39 is 5.97 Å². The number of pyridine rings is 1. The van der Waals surface area contributed by atoms with Gasteiger partial charge in [-0.3, -0.25) is 0 Å². The number of benzene rings is 1. The number of aryl methyl sites for hydroxylation is 1. The normalized spacial score (nSPS) is 10.3. The molecule has 0 fully saturated rings. The molecule has 0 saturated carbocycles. The molecule has 0 amide bonds. The van der Waals surface area contributed by atoms with Crippen LogP contribution in [0, 0.1) is 6.92 Å². The molecule has 1 N–H and O–H groups in total. The Labute approximate surface area is 117 Å². The lowest BCUT2D eigenvalue weighted by molar-refractivity contribution is 0.0692. The quantitative estimate of drug-likeness (QED) is 0.927. The van der Waals surface area contributed by atoms with Gasteiger partial charge in [0, 0.05) is 15.6 Å². The van der Waals surface area contributed by atoms with Crippen molar-refractivity contribution in [1.82, 2.24) is 4.98 Å². The fourth-order valence-electron chi connectivity index (χ4n) is 1.38. The predicted molar refractivity (Wildman–Crippen MR) is 74.2 cm³/mol. The van der Waals surface area contributed by atoms with Gasteiger partial charge in [0.1, 0.15) is 5.03 Å². The summed E-state index contributed by atoms with van der Waals surface area (Å²) >= 11 is 4.57. The molecule has 18 heavy (non-hydrogen) atoms. The number of hydrogen-bond donors (Lipinski definition) is 1. The molecule has 0 radical (unpaired) electrons. The van der Waals surface area contributed by atoms with Crippen molar-refractivity contribution in [1.29, 1.82) is 0 Å². The lowest BCUT2D eigenvalue weighted by atomic mass is 10.2. The second kappa shape index (κ2) is 5.54. The molecule has 0 aliphatic heterocycles. The van der Waals surface area contributed by atoms with E-state index in [1.165, 1.54) is 17.3 Å². The molecule has 0 aliphatic rings. The van der Waals surface area contributed by atoms with Gasteiger partial charge >= 0.3 is 5.97 Å². The third kappa shape index (κ3) is 3.11. The van der Waals surface area contributed by atoms with Crippen LogP contribution < -0.4 is 0 Å². The third-order valence-corrected chi connectivity index (χ3v) is 3.74. The molecule has 0 atom stereocenters. The van der Waals surface area contributed by atoms with Crippen molar-refractivity contribution in [2.75, 3.05) is 0 Å². The van der Waals surface area contributed by atoms with E-state index >= 15 is 0 Å². The highest BCUT2D eigenvalue weighted by atomic mass is 79.9. The van der Waals surface area contributed by atoms with Gasteiger partial charge in [-0.05, 0) is 41.1 Å². The van der Waals surface area contributed by atoms with Gasteiger partial charge in [-0.1, -0.05) is 29.5 Å². The first-order valence-electron chi connectivity index (χ1n) is 5.19. The van der Waals surface area contributed by atoms with E-state index in [9.17, 15) is 4.79 Å². The Balaban J connectivity index is 2.34. The molecule has 5 heteroatoms. The smallest absolute Gasteiger partial charge is 0.338 e. The second-order valence-electron chi connectivity index (χ2n) is 3.73. The lowest BCUT2D eigenvalue weighted by Gasteiger charge is -2.05. The summed E-state index contributed by atoms with van der Waals surface area (Å²) in [6.45, 7) is 2.01. The van der Waals surface area contributed by atoms with Gasteiger partial charge in [-0.25, -0.2) is 9.78 Å². The number of aromatic nitrogens is 1. The first-order chi connectivity index (χ1) is 8.56. The number of aromatic carboxylic acids is 1. The Morgan fingerprint density at radius 1 is 1.33 bits per heavy atom. The molecule has 1 aromatic carbocycles. The number of nitrogens with zero attached hydrogens (tertiary/aromatic N) is 1. The van der Waals surface area contributed by atoms with Crippen LogP contribution in [0.4, 0.5) is 0 Å². The van der Waals surface area contributed by atoms with Crippen LogP contribution in [0.1, 0.15) is 15.9 Å². The predicted octanol–water partition coefficient (Wildman–Crippen LogP) is 4.00. The molecule has 0 spiro atoms. The molecule has 0 bridgehead atoms. The molecule has 2 aromatic rings. The number of hydrogen-bond acceptors (Lipinski definition) is 3. The zero-order valence-electron chi connectivity index (χ0n) is 9.55. The van der Waals surface area contributed by atoms with Crippen LogP contribution in [-0.4, -0.2) is 16.1 Å². The van der Waals surface area contributed by atoms with E-state index in [1.54, 1.807) is 12.3 Å². The molecule has 1 aromatic heterocycles. The highest BCUT2D eigenvalue weighted by Crippen LogP contribution is 2.30. The standard InChI is InChI=1S/C13H10BrNO2S/c1-8-2-4-10(5-3-8)18-12-11(13(16)17)6-9(14)7-15-12/h2-7H,1H3,(H,16,17). The summed E-state index contributed by atoms with van der Waals surface area (Å²) in [6, 6.07) is 9.44. The summed E-state index contributed by atoms with van der Waals surface area (Å²) in [5.41, 5.74) is 1.37. The minimum atomic E-state index is -0.974. The summed E-state index contributed by atoms with van der Waals surface area (Å²) < 4.78 is 0.660. The second-order valence-corrected chi connectivity index (χ2v) is 5.70. The van der Waals surface area contributed by atoms with Crippen LogP contribution in [-0.2, 0) is 0 Å². The number of rotatable bonds is 3. The SMILES string of the molecule is Cc1ccc(Sc2ncc(Br)cc2C(=O)O)cc1. The maximum absolute atomic E-state index is 11.1. The first kappa shape index (κ1) is 13.1. The van der Waals surface area contributed by atoms with Gasteiger partial charge in [0.25, 0.3) is 0 Å². The average molecular weight is 324 g/mol. The number of carboxylic acids is 1. The van der Waals surface area contributed by atoms with Crippen molar-refractivity contribution in [3.8, 4) is 0 Å². The molecule has 0 saturated heterocycles. The van der Waals surface area contributed by atoms with Crippen molar-refractivity contribution >= 4 is 33.7 Å². The van der Waals surface area contributed by atoms with Crippen molar-refractivity contribution in [3.63, 3.8) is 0 Å². The van der Waals surface area contributed by atoms with Crippen LogP contribution in [0.5, 0.6) is 0 Å². The molecule has 0 unspecified atom stereocenters. The molecular formula is C13H10BrNO2S. The topological polar surface area (TPSA) is 50.2 Å². The molecule has 0 aliphatic carbocycles. The van der Waals surface area contributed by atoms with Crippen molar-refractivity contribution in [3.05, 3.63) is 52.1 Å². The van der Waals surface area contributed by atoms with Gasteiger partial charge in [-0.15, -0.1) is 0 Å². The Kier molecular flexibility index (Phi) is 4.04. The number of halogens is 1. The van der Waals surface area contributed by atoms with Crippen LogP contribution in [0.25, 0.3) is 0 Å². The van der Waals surface area contributed by atoms with Crippen LogP contribution in [0.2, 0.25) is 0 Å². The van der Waals surface area contributed by atoms with Crippen LogP contribution in [0.15, 0.2) is 50.9 Å². The van der Waals surface area contributed by atoms with E-state index in [4.69, 9.17) is 5.11 Å². The Hall–Kier alpha value is -1.33. The maximum Gasteiger partial charge on any atom is 0.338 e. The van der Waals surface area contributed by atoms with E-state index in [2.05, 4.69) is 20.9 Å². The summed E-state index contributed by atoms with van der Waals surface area (Å²) in [5.74, 6) is -0.974. The van der Waals surface area contributed by atoms with Gasteiger partial charge in [0.05, 0.1) is 5.56 Å². The van der Waals surface area contributed by atoms with E-state index in [0.717, 1.165) is 4.90 Å². The van der Waals surface area contributed by atoms with Gasteiger partial charge in [-0.2, -0.15) is 0 Å². The number of carboxylic acid groups (broad SMARTS) is 1. The molecule has 2 rings (SSSR count). The Bertz CT molecular complexity index is 584. The van der Waals surface area contributed by atoms with Gasteiger partial charge in [0.15, 0.2) is 0 Å². The van der Waals surface area contributed by atoms with Crippen molar-refractivity contribution < 1.29 is 9.90 Å². The van der Waals surface area contributed by atoms with E-state index in [1.807, 2.05) is 31.2 Å². The molecule has 1 heterocycles. The number of carbonyl (C=O) groups is 1. The highest BCUT2D eigenvalue weighted by molar-refractivity contribution is 9.10. The first-order valence-corrected chi connectivity index (χ1v) is 6.80. The zero-order valence-corrected chi connectivity index (χ0v) is 12.0. The van der Waals surface area contributed by atoms with E-state index in [-0.39, 0.29) is 5.56 Å². The highest BCUT2D eigenvalue weighted by Gasteiger charge is 2.13. The summed E-state index contributed by atoms with van der Waals surface area (Å²) in [5, 5.41) is 9.63. The minimum absolute atomic E-state index is 0.204. The summed E-state index contributed by atoms with van der Waals surface area (Å²) in [6.07, 6.45) is 1.60. The van der Waals surface area contributed by atoms with Crippen molar-refractivity contribution in [2.24, 2.45) is 0 Å². The monoisotopic (exact) mass is 323 g/mol.